The van der Waals surface area contributed by atoms with Crippen LogP contribution in [-0.2, 0) is 16.0 Å². The smallest absolute Gasteiger partial charge is 0.308 e. The zero-order valence-electron chi connectivity index (χ0n) is 10.1. The Hall–Kier alpha value is -1.83. The molecule has 0 N–H and O–H groups in total. The number of rotatable bonds is 3. The van der Waals surface area contributed by atoms with E-state index < -0.39 is 0 Å². The van der Waals surface area contributed by atoms with Gasteiger partial charge in [-0.1, -0.05) is 49.4 Å². The molecule has 2 rings (SSSR count). The fraction of sp³-hybridized carbons (Fsp3) is 0.267. The molecule has 0 saturated heterocycles. The molecule has 0 radical (unpaired) electrons. The van der Waals surface area contributed by atoms with E-state index in [-0.39, 0.29) is 11.9 Å². The van der Waals surface area contributed by atoms with Crippen molar-refractivity contribution in [1.82, 2.24) is 0 Å². The minimum absolute atomic E-state index is 0.106. The Labute approximate surface area is 101 Å². The lowest BCUT2D eigenvalue weighted by atomic mass is 9.96. The van der Waals surface area contributed by atoms with Crippen molar-refractivity contribution in [3.63, 3.8) is 0 Å². The molecule has 88 valence electrons. The van der Waals surface area contributed by atoms with Gasteiger partial charge in [-0.25, -0.2) is 0 Å². The van der Waals surface area contributed by atoms with Gasteiger partial charge in [0.15, 0.2) is 0 Å². The monoisotopic (exact) mass is 228 g/mol. The number of methoxy groups -OCH3 is 1. The van der Waals surface area contributed by atoms with Crippen molar-refractivity contribution in [2.75, 3.05) is 7.11 Å². The molecule has 2 aromatic carbocycles. The molecular weight excluding hydrogens is 212 g/mol. The van der Waals surface area contributed by atoms with E-state index in [2.05, 4.69) is 24.3 Å². The second-order valence-electron chi connectivity index (χ2n) is 4.27. The van der Waals surface area contributed by atoms with Gasteiger partial charge in [-0.2, -0.15) is 0 Å². The number of esters is 1. The first-order valence-electron chi connectivity index (χ1n) is 5.77. The third-order valence-corrected chi connectivity index (χ3v) is 3.01. The lowest BCUT2D eigenvalue weighted by Crippen LogP contribution is -2.15. The summed E-state index contributed by atoms with van der Waals surface area (Å²) < 4.78 is 4.76. The van der Waals surface area contributed by atoms with Gasteiger partial charge in [-0.05, 0) is 22.8 Å². The molecule has 0 heterocycles. The molecule has 2 nitrogen and oxygen atoms in total. The van der Waals surface area contributed by atoms with E-state index in [1.165, 1.54) is 23.4 Å². The van der Waals surface area contributed by atoms with Crippen molar-refractivity contribution in [1.29, 1.82) is 0 Å². The highest BCUT2D eigenvalue weighted by molar-refractivity contribution is 5.86. The van der Waals surface area contributed by atoms with Gasteiger partial charge in [0.05, 0.1) is 13.0 Å². The first-order chi connectivity index (χ1) is 8.22. The highest BCUT2D eigenvalue weighted by atomic mass is 16.5. The van der Waals surface area contributed by atoms with E-state index in [9.17, 15) is 4.79 Å². The second kappa shape index (κ2) is 5.00. The minimum Gasteiger partial charge on any atom is -0.469 e. The van der Waals surface area contributed by atoms with E-state index in [1.54, 1.807) is 0 Å². The maximum absolute atomic E-state index is 11.4. The molecule has 0 aliphatic carbocycles. The Morgan fingerprint density at radius 2 is 1.88 bits per heavy atom. The van der Waals surface area contributed by atoms with E-state index in [0.717, 1.165) is 0 Å². The summed E-state index contributed by atoms with van der Waals surface area (Å²) in [4.78, 5) is 11.4. The van der Waals surface area contributed by atoms with Crippen LogP contribution >= 0.6 is 0 Å². The fourth-order valence-corrected chi connectivity index (χ4v) is 2.08. The van der Waals surface area contributed by atoms with Crippen LogP contribution in [0.3, 0.4) is 0 Å². The van der Waals surface area contributed by atoms with Gasteiger partial charge in [0.2, 0.25) is 0 Å². The fourth-order valence-electron chi connectivity index (χ4n) is 2.08. The quantitative estimate of drug-likeness (QED) is 0.754. The van der Waals surface area contributed by atoms with Crippen molar-refractivity contribution in [2.45, 2.75) is 13.3 Å². The van der Waals surface area contributed by atoms with Crippen LogP contribution in [0.2, 0.25) is 0 Å². The van der Waals surface area contributed by atoms with Crippen LogP contribution < -0.4 is 0 Å². The van der Waals surface area contributed by atoms with Crippen LogP contribution in [0.4, 0.5) is 0 Å². The Morgan fingerprint density at radius 3 is 2.65 bits per heavy atom. The van der Waals surface area contributed by atoms with Crippen LogP contribution in [0.5, 0.6) is 0 Å². The van der Waals surface area contributed by atoms with Gasteiger partial charge >= 0.3 is 5.97 Å². The van der Waals surface area contributed by atoms with E-state index >= 15 is 0 Å². The van der Waals surface area contributed by atoms with Gasteiger partial charge in [0.25, 0.3) is 0 Å². The van der Waals surface area contributed by atoms with Crippen molar-refractivity contribution < 1.29 is 9.53 Å². The summed E-state index contributed by atoms with van der Waals surface area (Å²) in [6.07, 6.45) is 0.716. The molecule has 0 bridgehead atoms. The van der Waals surface area contributed by atoms with Gasteiger partial charge in [0.1, 0.15) is 0 Å². The van der Waals surface area contributed by atoms with Crippen molar-refractivity contribution in [3.8, 4) is 0 Å². The second-order valence-corrected chi connectivity index (χ2v) is 4.27. The summed E-state index contributed by atoms with van der Waals surface area (Å²) in [5.41, 5.74) is 1.20. The average Bonchev–Trinajstić information content (AvgIpc) is 2.38. The third-order valence-electron chi connectivity index (χ3n) is 3.01. The Morgan fingerprint density at radius 1 is 1.18 bits per heavy atom. The lowest BCUT2D eigenvalue weighted by Gasteiger charge is -2.11. The minimum atomic E-state index is -0.155. The number of ether oxygens (including phenoxy) is 1. The molecule has 0 amide bonds. The zero-order chi connectivity index (χ0) is 12.3. The topological polar surface area (TPSA) is 26.3 Å². The SMILES string of the molecule is COC(=O)[C@H](C)Cc1cccc2ccccc12. The molecule has 0 fully saturated rings. The van der Waals surface area contributed by atoms with Gasteiger partial charge in [-0.3, -0.25) is 4.79 Å². The van der Waals surface area contributed by atoms with E-state index in [4.69, 9.17) is 4.74 Å². The zero-order valence-corrected chi connectivity index (χ0v) is 10.1. The van der Waals surface area contributed by atoms with Crippen molar-refractivity contribution in [2.24, 2.45) is 5.92 Å². The number of hydrogen-bond acceptors (Lipinski definition) is 2. The van der Waals surface area contributed by atoms with Crippen molar-refractivity contribution >= 4 is 16.7 Å². The lowest BCUT2D eigenvalue weighted by molar-refractivity contribution is -0.144. The first-order valence-corrected chi connectivity index (χ1v) is 5.77. The molecule has 0 aliphatic rings. The third kappa shape index (κ3) is 2.47. The summed E-state index contributed by atoms with van der Waals surface area (Å²) in [5, 5.41) is 2.42. The Balaban J connectivity index is 2.33. The van der Waals surface area contributed by atoms with E-state index in [1.807, 2.05) is 25.1 Å². The standard InChI is InChI=1S/C15H16O2/c1-11(15(16)17-2)10-13-8-5-7-12-6-3-4-9-14(12)13/h3-9,11H,10H2,1-2H3/t11-/m1/s1. The normalized spacial score (nSPS) is 12.4. The molecule has 0 saturated carbocycles. The molecule has 0 spiro atoms. The van der Waals surface area contributed by atoms with Crippen LogP contribution in [-0.4, -0.2) is 13.1 Å². The van der Waals surface area contributed by atoms with Crippen molar-refractivity contribution in [3.05, 3.63) is 48.0 Å². The van der Waals surface area contributed by atoms with Gasteiger partial charge in [0, 0.05) is 0 Å². The van der Waals surface area contributed by atoms with Crippen LogP contribution in [0.1, 0.15) is 12.5 Å². The molecule has 1 atom stereocenters. The van der Waals surface area contributed by atoms with Crippen LogP contribution in [0.15, 0.2) is 42.5 Å². The predicted octanol–water partition coefficient (Wildman–Crippen LogP) is 3.19. The number of hydrogen-bond donors (Lipinski definition) is 0. The number of carbonyl (C=O) groups excluding carboxylic acids is 1. The summed E-state index contributed by atoms with van der Waals surface area (Å²) in [6, 6.07) is 14.4. The van der Waals surface area contributed by atoms with Gasteiger partial charge < -0.3 is 4.74 Å². The molecule has 2 heteroatoms. The highest BCUT2D eigenvalue weighted by Gasteiger charge is 2.14. The van der Waals surface area contributed by atoms with E-state index in [0.29, 0.717) is 6.42 Å². The predicted molar refractivity (Wildman–Crippen MR) is 68.8 cm³/mol. The van der Waals surface area contributed by atoms with Gasteiger partial charge in [-0.15, -0.1) is 0 Å². The molecular formula is C15H16O2. The largest absolute Gasteiger partial charge is 0.469 e. The van der Waals surface area contributed by atoms with Crippen LogP contribution in [0.25, 0.3) is 10.8 Å². The number of benzene rings is 2. The average molecular weight is 228 g/mol. The summed E-state index contributed by atoms with van der Waals surface area (Å²) >= 11 is 0. The Bertz CT molecular complexity index is 526. The molecule has 0 aliphatic heterocycles. The molecule has 2 aromatic rings. The summed E-state index contributed by atoms with van der Waals surface area (Å²) in [7, 11) is 1.43. The molecule has 0 unspecified atom stereocenters. The number of carbonyl (C=O) groups is 1. The maximum Gasteiger partial charge on any atom is 0.308 e. The first kappa shape index (κ1) is 11.6. The maximum atomic E-state index is 11.4. The summed E-state index contributed by atoms with van der Waals surface area (Å²) in [6.45, 7) is 1.90. The number of fused-ring (bicyclic) bond motifs is 1. The summed E-state index contributed by atoms with van der Waals surface area (Å²) in [5.74, 6) is -0.260. The highest BCUT2D eigenvalue weighted by Crippen LogP contribution is 2.21. The molecule has 17 heavy (non-hydrogen) atoms. The Kier molecular flexibility index (Phi) is 3.43. The van der Waals surface area contributed by atoms with Crippen LogP contribution in [0, 0.1) is 5.92 Å². The molecule has 0 aromatic heterocycles.